The van der Waals surface area contributed by atoms with Crippen LogP contribution in [0.5, 0.6) is 5.75 Å². The third-order valence-electron chi connectivity index (χ3n) is 3.37. The summed E-state index contributed by atoms with van der Waals surface area (Å²) in [6.07, 6.45) is 1.45. The standard InChI is InChI=1S/C14H21NO3S/c1-11-4-6-13(7-5-11)18-14-8-15(9-14)12(2)10-19(3,16)17/h4-7,12,14H,8-10H2,1-3H3/t12-/m0/s1. The van der Waals surface area contributed by atoms with E-state index in [1.165, 1.54) is 11.8 Å². The summed E-state index contributed by atoms with van der Waals surface area (Å²) in [7, 11) is -2.91. The maximum absolute atomic E-state index is 11.2. The van der Waals surface area contributed by atoms with E-state index in [-0.39, 0.29) is 17.9 Å². The van der Waals surface area contributed by atoms with Crippen molar-refractivity contribution in [2.45, 2.75) is 26.0 Å². The fraction of sp³-hybridized carbons (Fsp3) is 0.571. The van der Waals surface area contributed by atoms with Gasteiger partial charge in [-0.25, -0.2) is 8.42 Å². The van der Waals surface area contributed by atoms with Gasteiger partial charge in [-0.1, -0.05) is 17.7 Å². The molecule has 0 N–H and O–H groups in total. The molecule has 0 amide bonds. The lowest BCUT2D eigenvalue weighted by Gasteiger charge is -2.42. The van der Waals surface area contributed by atoms with E-state index < -0.39 is 9.84 Å². The van der Waals surface area contributed by atoms with Crippen molar-refractivity contribution in [3.63, 3.8) is 0 Å². The fourth-order valence-corrected chi connectivity index (χ4v) is 3.34. The Morgan fingerprint density at radius 3 is 2.42 bits per heavy atom. The maximum Gasteiger partial charge on any atom is 0.148 e. The van der Waals surface area contributed by atoms with E-state index in [4.69, 9.17) is 4.74 Å². The minimum Gasteiger partial charge on any atom is -0.488 e. The Kier molecular flexibility index (Phi) is 4.16. The summed E-state index contributed by atoms with van der Waals surface area (Å²) in [6, 6.07) is 8.05. The lowest BCUT2D eigenvalue weighted by atomic mass is 10.1. The van der Waals surface area contributed by atoms with E-state index >= 15 is 0 Å². The van der Waals surface area contributed by atoms with Gasteiger partial charge in [0.05, 0.1) is 5.75 Å². The zero-order valence-electron chi connectivity index (χ0n) is 11.7. The molecule has 0 spiro atoms. The van der Waals surface area contributed by atoms with E-state index in [0.29, 0.717) is 0 Å². The number of aryl methyl sites for hydroxylation is 1. The lowest BCUT2D eigenvalue weighted by molar-refractivity contribution is 0.000949. The highest BCUT2D eigenvalue weighted by Crippen LogP contribution is 2.20. The second kappa shape index (κ2) is 5.51. The molecule has 2 rings (SSSR count). The van der Waals surface area contributed by atoms with Crippen LogP contribution in [0.1, 0.15) is 12.5 Å². The van der Waals surface area contributed by atoms with Gasteiger partial charge in [-0.05, 0) is 26.0 Å². The average Bonchev–Trinajstić information content (AvgIpc) is 2.22. The smallest absolute Gasteiger partial charge is 0.148 e. The number of hydrogen-bond acceptors (Lipinski definition) is 4. The molecule has 1 atom stereocenters. The predicted molar refractivity (Wildman–Crippen MR) is 76.3 cm³/mol. The lowest BCUT2D eigenvalue weighted by Crippen LogP contribution is -2.58. The molecule has 1 aliphatic heterocycles. The minimum atomic E-state index is -2.91. The van der Waals surface area contributed by atoms with Crippen LogP contribution in [-0.4, -0.2) is 50.6 Å². The number of likely N-dealkylation sites (tertiary alicyclic amines) is 1. The summed E-state index contributed by atoms with van der Waals surface area (Å²) in [5.41, 5.74) is 1.21. The van der Waals surface area contributed by atoms with Gasteiger partial charge >= 0.3 is 0 Å². The van der Waals surface area contributed by atoms with Crippen LogP contribution in [0, 0.1) is 6.92 Å². The number of hydrogen-bond donors (Lipinski definition) is 0. The van der Waals surface area contributed by atoms with Gasteiger partial charge < -0.3 is 4.74 Å². The quantitative estimate of drug-likeness (QED) is 0.821. The Morgan fingerprint density at radius 1 is 1.32 bits per heavy atom. The number of sulfone groups is 1. The molecule has 0 bridgehead atoms. The van der Waals surface area contributed by atoms with Crippen molar-refractivity contribution in [1.29, 1.82) is 0 Å². The molecular formula is C14H21NO3S. The third-order valence-corrected chi connectivity index (χ3v) is 4.46. The van der Waals surface area contributed by atoms with Gasteiger partial charge in [-0.2, -0.15) is 0 Å². The molecule has 1 fully saturated rings. The number of nitrogens with zero attached hydrogens (tertiary/aromatic N) is 1. The van der Waals surface area contributed by atoms with E-state index in [2.05, 4.69) is 4.90 Å². The molecule has 0 saturated carbocycles. The summed E-state index contributed by atoms with van der Waals surface area (Å²) in [6.45, 7) is 5.58. The van der Waals surface area contributed by atoms with Crippen LogP contribution in [0.2, 0.25) is 0 Å². The van der Waals surface area contributed by atoms with Crippen molar-refractivity contribution in [2.75, 3.05) is 25.1 Å². The highest BCUT2D eigenvalue weighted by atomic mass is 32.2. The van der Waals surface area contributed by atoms with E-state index in [9.17, 15) is 8.42 Å². The highest BCUT2D eigenvalue weighted by Gasteiger charge is 2.32. The minimum absolute atomic E-state index is 0.0628. The van der Waals surface area contributed by atoms with Crippen LogP contribution in [0.4, 0.5) is 0 Å². The first kappa shape index (κ1) is 14.3. The van der Waals surface area contributed by atoms with Crippen molar-refractivity contribution < 1.29 is 13.2 Å². The highest BCUT2D eigenvalue weighted by molar-refractivity contribution is 7.90. The summed E-state index contributed by atoms with van der Waals surface area (Å²) >= 11 is 0. The molecule has 0 aliphatic carbocycles. The summed E-state index contributed by atoms with van der Waals surface area (Å²) in [4.78, 5) is 2.14. The van der Waals surface area contributed by atoms with Crippen molar-refractivity contribution in [3.8, 4) is 5.75 Å². The van der Waals surface area contributed by atoms with Crippen LogP contribution in [-0.2, 0) is 9.84 Å². The molecule has 19 heavy (non-hydrogen) atoms. The van der Waals surface area contributed by atoms with Crippen LogP contribution in [0.3, 0.4) is 0 Å². The van der Waals surface area contributed by atoms with Gasteiger partial charge in [0.1, 0.15) is 21.7 Å². The zero-order chi connectivity index (χ0) is 14.0. The van der Waals surface area contributed by atoms with Crippen LogP contribution >= 0.6 is 0 Å². The third kappa shape index (κ3) is 4.21. The molecule has 1 heterocycles. The number of ether oxygens (including phenoxy) is 1. The van der Waals surface area contributed by atoms with Gasteiger partial charge in [-0.15, -0.1) is 0 Å². The van der Waals surface area contributed by atoms with Gasteiger partial charge in [0.2, 0.25) is 0 Å². The second-order valence-electron chi connectivity index (χ2n) is 5.45. The first-order valence-electron chi connectivity index (χ1n) is 6.48. The van der Waals surface area contributed by atoms with Crippen LogP contribution in [0.15, 0.2) is 24.3 Å². The average molecular weight is 283 g/mol. The van der Waals surface area contributed by atoms with Gasteiger partial charge in [0, 0.05) is 25.4 Å². The summed E-state index contributed by atoms with van der Waals surface area (Å²) in [5, 5.41) is 0. The first-order chi connectivity index (χ1) is 8.83. The summed E-state index contributed by atoms with van der Waals surface area (Å²) < 4.78 is 28.3. The molecule has 1 saturated heterocycles. The van der Waals surface area contributed by atoms with E-state index in [1.807, 2.05) is 38.1 Å². The SMILES string of the molecule is Cc1ccc(OC2CN([C@@H](C)CS(C)(=O)=O)C2)cc1. The topological polar surface area (TPSA) is 46.6 Å². The molecule has 0 aromatic heterocycles. The van der Waals surface area contributed by atoms with Crippen LogP contribution in [0.25, 0.3) is 0 Å². The molecule has 4 nitrogen and oxygen atoms in total. The molecule has 0 unspecified atom stereocenters. The Morgan fingerprint density at radius 2 is 1.89 bits per heavy atom. The molecular weight excluding hydrogens is 262 g/mol. The predicted octanol–water partition coefficient (Wildman–Crippen LogP) is 1.49. The van der Waals surface area contributed by atoms with Crippen molar-refractivity contribution in [2.24, 2.45) is 0 Å². The van der Waals surface area contributed by atoms with Crippen LogP contribution < -0.4 is 4.74 Å². The van der Waals surface area contributed by atoms with E-state index in [1.54, 1.807) is 0 Å². The maximum atomic E-state index is 11.2. The largest absolute Gasteiger partial charge is 0.488 e. The Balaban J connectivity index is 1.78. The van der Waals surface area contributed by atoms with Crippen molar-refractivity contribution in [3.05, 3.63) is 29.8 Å². The Bertz CT molecular complexity index is 518. The number of benzene rings is 1. The van der Waals surface area contributed by atoms with Crippen molar-refractivity contribution >= 4 is 9.84 Å². The first-order valence-corrected chi connectivity index (χ1v) is 8.54. The Labute approximate surface area is 115 Å². The van der Waals surface area contributed by atoms with Gasteiger partial charge in [0.15, 0.2) is 0 Å². The fourth-order valence-electron chi connectivity index (χ4n) is 2.26. The zero-order valence-corrected chi connectivity index (χ0v) is 12.5. The Hall–Kier alpha value is -1.07. The monoisotopic (exact) mass is 283 g/mol. The molecule has 1 aliphatic rings. The molecule has 5 heteroatoms. The van der Waals surface area contributed by atoms with Crippen molar-refractivity contribution in [1.82, 2.24) is 4.90 Å². The molecule has 1 aromatic carbocycles. The normalized spacial score (nSPS) is 18.9. The van der Waals surface area contributed by atoms with Gasteiger partial charge in [-0.3, -0.25) is 4.90 Å². The molecule has 1 aromatic rings. The van der Waals surface area contributed by atoms with E-state index in [0.717, 1.165) is 18.8 Å². The molecule has 106 valence electrons. The summed E-state index contributed by atoms with van der Waals surface area (Å²) in [5.74, 6) is 1.09. The van der Waals surface area contributed by atoms with Gasteiger partial charge in [0.25, 0.3) is 0 Å². The second-order valence-corrected chi connectivity index (χ2v) is 7.63. The molecule has 0 radical (unpaired) electrons. The number of rotatable bonds is 5.